The molecule has 2 rings (SSSR count). The van der Waals surface area contributed by atoms with Crippen LogP contribution in [0.1, 0.15) is 5.56 Å². The third kappa shape index (κ3) is 1.56. The molecular weight excluding hydrogens is 200 g/mol. The molecule has 0 aliphatic heterocycles. The molecule has 3 nitrogen and oxygen atoms in total. The first kappa shape index (κ1) is 9.64. The van der Waals surface area contributed by atoms with Crippen LogP contribution < -0.4 is 5.73 Å². The number of nitrogen functional groups attached to an aromatic ring is 1. The summed E-state index contributed by atoms with van der Waals surface area (Å²) in [6, 6.07) is 2.08. The lowest BCUT2D eigenvalue weighted by Crippen LogP contribution is -1.93. The van der Waals surface area contributed by atoms with E-state index in [2.05, 4.69) is 10.2 Å². The fourth-order valence-corrected chi connectivity index (χ4v) is 1.44. The number of hydrogen-bond acceptors (Lipinski definition) is 2. The number of nitrogens with two attached hydrogens (primary N) is 1. The molecule has 15 heavy (non-hydrogen) atoms. The molecule has 3 N–H and O–H groups in total. The minimum absolute atomic E-state index is 0.295. The van der Waals surface area contributed by atoms with E-state index in [9.17, 15) is 8.78 Å². The van der Waals surface area contributed by atoms with Gasteiger partial charge < -0.3 is 5.73 Å². The highest BCUT2D eigenvalue weighted by Crippen LogP contribution is 2.29. The Morgan fingerprint density at radius 2 is 2.00 bits per heavy atom. The predicted molar refractivity (Wildman–Crippen MR) is 53.1 cm³/mol. The van der Waals surface area contributed by atoms with Crippen LogP contribution in [-0.2, 0) is 0 Å². The number of nitrogens with one attached hydrogen (secondary N) is 1. The average Bonchev–Trinajstić information content (AvgIpc) is 2.58. The molecule has 0 aliphatic rings. The largest absolute Gasteiger partial charge is 0.384 e. The van der Waals surface area contributed by atoms with E-state index in [0.29, 0.717) is 22.5 Å². The topological polar surface area (TPSA) is 54.7 Å². The predicted octanol–water partition coefficient (Wildman–Crippen LogP) is 2.25. The Kier molecular flexibility index (Phi) is 2.15. The Bertz CT molecular complexity index is 505. The average molecular weight is 209 g/mol. The molecule has 0 bridgehead atoms. The summed E-state index contributed by atoms with van der Waals surface area (Å²) in [6.07, 6.45) is 1.44. The Balaban J connectivity index is 2.68. The minimum Gasteiger partial charge on any atom is -0.384 e. The molecule has 2 aromatic rings. The molecule has 78 valence electrons. The van der Waals surface area contributed by atoms with Crippen molar-refractivity contribution in [3.8, 4) is 11.1 Å². The summed E-state index contributed by atoms with van der Waals surface area (Å²) in [7, 11) is 0. The van der Waals surface area contributed by atoms with E-state index in [4.69, 9.17) is 5.73 Å². The summed E-state index contributed by atoms with van der Waals surface area (Å²) in [5.41, 5.74) is 6.85. The van der Waals surface area contributed by atoms with Crippen molar-refractivity contribution < 1.29 is 8.78 Å². The number of halogens is 2. The molecule has 0 atom stereocenters. The fourth-order valence-electron chi connectivity index (χ4n) is 1.44. The second-order valence-corrected chi connectivity index (χ2v) is 3.26. The Morgan fingerprint density at radius 3 is 2.60 bits per heavy atom. The van der Waals surface area contributed by atoms with E-state index in [1.54, 1.807) is 6.92 Å². The summed E-state index contributed by atoms with van der Waals surface area (Å²) in [4.78, 5) is 0. The van der Waals surface area contributed by atoms with Crippen molar-refractivity contribution >= 4 is 5.82 Å². The van der Waals surface area contributed by atoms with Gasteiger partial charge in [0.25, 0.3) is 0 Å². The molecule has 0 amide bonds. The van der Waals surface area contributed by atoms with Crippen LogP contribution >= 0.6 is 0 Å². The minimum atomic E-state index is -0.631. The third-order valence-corrected chi connectivity index (χ3v) is 2.27. The van der Waals surface area contributed by atoms with Gasteiger partial charge in [0.15, 0.2) is 0 Å². The Labute approximate surface area is 84.9 Å². The lowest BCUT2D eigenvalue weighted by Gasteiger charge is -2.05. The van der Waals surface area contributed by atoms with Gasteiger partial charge in [0.2, 0.25) is 0 Å². The van der Waals surface area contributed by atoms with Gasteiger partial charge in [0, 0.05) is 11.6 Å². The Morgan fingerprint density at radius 1 is 1.27 bits per heavy atom. The molecule has 0 fully saturated rings. The maximum absolute atomic E-state index is 13.3. The lowest BCUT2D eigenvalue weighted by molar-refractivity contribution is 0.578. The quantitative estimate of drug-likeness (QED) is 0.756. The first-order valence-corrected chi connectivity index (χ1v) is 4.34. The van der Waals surface area contributed by atoms with Crippen molar-refractivity contribution in [2.24, 2.45) is 0 Å². The van der Waals surface area contributed by atoms with Gasteiger partial charge in [0.1, 0.15) is 17.5 Å². The summed E-state index contributed by atoms with van der Waals surface area (Å²) < 4.78 is 26.3. The smallest absolute Gasteiger partial charge is 0.129 e. The molecule has 0 aliphatic carbocycles. The van der Waals surface area contributed by atoms with Gasteiger partial charge in [-0.25, -0.2) is 8.78 Å². The van der Waals surface area contributed by atoms with Crippen LogP contribution in [0.2, 0.25) is 0 Å². The van der Waals surface area contributed by atoms with Gasteiger partial charge in [-0.2, -0.15) is 5.10 Å². The first-order valence-electron chi connectivity index (χ1n) is 4.34. The molecule has 1 aromatic heterocycles. The van der Waals surface area contributed by atoms with E-state index in [1.165, 1.54) is 12.3 Å². The highest BCUT2D eigenvalue weighted by Gasteiger charge is 2.12. The number of hydrogen-bond donors (Lipinski definition) is 2. The van der Waals surface area contributed by atoms with E-state index in [-0.39, 0.29) is 0 Å². The molecule has 0 spiro atoms. The van der Waals surface area contributed by atoms with E-state index in [1.807, 2.05) is 0 Å². The third-order valence-electron chi connectivity index (χ3n) is 2.27. The van der Waals surface area contributed by atoms with Crippen molar-refractivity contribution in [2.45, 2.75) is 6.92 Å². The standard InChI is InChI=1S/C10H9F2N3/c1-5-7(2-6(11)3-9(5)12)8-4-14-15-10(8)13/h2-4H,1H3,(H3,13,14,15). The molecule has 1 heterocycles. The van der Waals surface area contributed by atoms with E-state index in [0.717, 1.165) is 6.07 Å². The summed E-state index contributed by atoms with van der Waals surface area (Å²) in [5.74, 6) is -0.928. The van der Waals surface area contributed by atoms with Crippen LogP contribution in [0.15, 0.2) is 18.3 Å². The first-order chi connectivity index (χ1) is 7.09. The van der Waals surface area contributed by atoms with Crippen molar-refractivity contribution in [3.05, 3.63) is 35.5 Å². The van der Waals surface area contributed by atoms with Gasteiger partial charge in [-0.15, -0.1) is 0 Å². The molecular formula is C10H9F2N3. The van der Waals surface area contributed by atoms with Gasteiger partial charge in [-0.1, -0.05) is 0 Å². The number of aromatic amines is 1. The summed E-state index contributed by atoms with van der Waals surface area (Å²) in [6.45, 7) is 1.57. The van der Waals surface area contributed by atoms with Gasteiger partial charge in [-0.05, 0) is 24.1 Å². The number of anilines is 1. The van der Waals surface area contributed by atoms with Gasteiger partial charge in [-0.3, -0.25) is 5.10 Å². The lowest BCUT2D eigenvalue weighted by atomic mass is 10.0. The van der Waals surface area contributed by atoms with Crippen LogP contribution in [0.3, 0.4) is 0 Å². The number of rotatable bonds is 1. The van der Waals surface area contributed by atoms with Gasteiger partial charge >= 0.3 is 0 Å². The fraction of sp³-hybridized carbons (Fsp3) is 0.100. The van der Waals surface area contributed by atoms with Crippen LogP contribution in [0, 0.1) is 18.6 Å². The van der Waals surface area contributed by atoms with Crippen molar-refractivity contribution in [2.75, 3.05) is 5.73 Å². The zero-order valence-electron chi connectivity index (χ0n) is 8.01. The van der Waals surface area contributed by atoms with Crippen LogP contribution in [0.4, 0.5) is 14.6 Å². The summed E-state index contributed by atoms with van der Waals surface area (Å²) >= 11 is 0. The monoisotopic (exact) mass is 209 g/mol. The molecule has 0 saturated heterocycles. The maximum Gasteiger partial charge on any atom is 0.129 e. The SMILES string of the molecule is Cc1c(F)cc(F)cc1-c1cn[nH]c1N. The number of nitrogens with zero attached hydrogens (tertiary/aromatic N) is 1. The molecule has 1 aromatic carbocycles. The zero-order chi connectivity index (χ0) is 11.0. The highest BCUT2D eigenvalue weighted by molar-refractivity contribution is 5.75. The number of H-pyrrole nitrogens is 1. The molecule has 5 heteroatoms. The van der Waals surface area contributed by atoms with Crippen molar-refractivity contribution in [1.82, 2.24) is 10.2 Å². The van der Waals surface area contributed by atoms with Crippen molar-refractivity contribution in [1.29, 1.82) is 0 Å². The van der Waals surface area contributed by atoms with Crippen LogP contribution in [0.25, 0.3) is 11.1 Å². The van der Waals surface area contributed by atoms with Crippen LogP contribution in [-0.4, -0.2) is 10.2 Å². The molecule has 0 saturated carbocycles. The number of benzene rings is 1. The Hall–Kier alpha value is -1.91. The zero-order valence-corrected chi connectivity index (χ0v) is 8.01. The number of aromatic nitrogens is 2. The van der Waals surface area contributed by atoms with Crippen LogP contribution in [0.5, 0.6) is 0 Å². The second kappa shape index (κ2) is 3.34. The highest BCUT2D eigenvalue weighted by atomic mass is 19.1. The van der Waals surface area contributed by atoms with E-state index >= 15 is 0 Å². The summed E-state index contributed by atoms with van der Waals surface area (Å²) in [5, 5.41) is 6.22. The van der Waals surface area contributed by atoms with Gasteiger partial charge in [0.05, 0.1) is 6.20 Å². The normalized spacial score (nSPS) is 10.6. The van der Waals surface area contributed by atoms with Crippen molar-refractivity contribution in [3.63, 3.8) is 0 Å². The second-order valence-electron chi connectivity index (χ2n) is 3.26. The molecule has 0 unspecified atom stereocenters. The maximum atomic E-state index is 13.3. The molecule has 0 radical (unpaired) electrons. The van der Waals surface area contributed by atoms with E-state index < -0.39 is 11.6 Å².